The molecule has 0 heterocycles. The smallest absolute Gasteiger partial charge is 0.216 e. The monoisotopic (exact) mass is 242 g/mol. The molecule has 0 aliphatic rings. The lowest BCUT2D eigenvalue weighted by molar-refractivity contribution is -0.119. The van der Waals surface area contributed by atoms with Crippen molar-refractivity contribution in [2.75, 3.05) is 13.6 Å². The summed E-state index contributed by atoms with van der Waals surface area (Å²) in [4.78, 5) is 11.0. The Morgan fingerprint density at radius 1 is 1.17 bits per heavy atom. The minimum absolute atomic E-state index is 0.00418. The van der Waals surface area contributed by atoms with Crippen LogP contribution in [0.1, 0.15) is 18.5 Å². The van der Waals surface area contributed by atoms with Gasteiger partial charge in [-0.05, 0) is 23.4 Å². The molecule has 2 aromatic rings. The normalized spacial score (nSPS) is 12.3. The number of carbonyl (C=O) groups is 1. The highest BCUT2D eigenvalue weighted by Gasteiger charge is 2.12. The standard InChI is InChI=1S/C15H18N2O/c1-11(18)17-10-15(16-2)14-9-5-7-12-6-3-4-8-13(12)14/h3-9,15-16H,10H2,1-2H3,(H,17,18). The first-order valence-corrected chi connectivity index (χ1v) is 6.11. The van der Waals surface area contributed by atoms with E-state index in [2.05, 4.69) is 41.0 Å². The van der Waals surface area contributed by atoms with Crippen LogP contribution >= 0.6 is 0 Å². The number of benzene rings is 2. The molecule has 0 aromatic heterocycles. The number of amides is 1. The molecule has 0 saturated carbocycles. The van der Waals surface area contributed by atoms with Crippen molar-refractivity contribution in [2.24, 2.45) is 0 Å². The average molecular weight is 242 g/mol. The van der Waals surface area contributed by atoms with Crippen LogP contribution in [-0.4, -0.2) is 19.5 Å². The van der Waals surface area contributed by atoms with E-state index < -0.39 is 0 Å². The van der Waals surface area contributed by atoms with E-state index in [0.717, 1.165) is 0 Å². The Hall–Kier alpha value is -1.87. The van der Waals surface area contributed by atoms with Crippen molar-refractivity contribution >= 4 is 16.7 Å². The van der Waals surface area contributed by atoms with Crippen LogP contribution in [-0.2, 0) is 4.79 Å². The summed E-state index contributed by atoms with van der Waals surface area (Å²) in [5.41, 5.74) is 1.21. The summed E-state index contributed by atoms with van der Waals surface area (Å²) < 4.78 is 0. The number of likely N-dealkylation sites (N-methyl/N-ethyl adjacent to an activating group) is 1. The van der Waals surface area contributed by atoms with E-state index in [9.17, 15) is 4.79 Å². The number of hydrogen-bond acceptors (Lipinski definition) is 2. The van der Waals surface area contributed by atoms with Crippen molar-refractivity contribution in [3.8, 4) is 0 Å². The Bertz CT molecular complexity index is 546. The van der Waals surface area contributed by atoms with Crippen molar-refractivity contribution < 1.29 is 4.79 Å². The molecule has 0 spiro atoms. The molecule has 2 aromatic carbocycles. The van der Waals surface area contributed by atoms with Gasteiger partial charge in [0.05, 0.1) is 0 Å². The topological polar surface area (TPSA) is 41.1 Å². The molecule has 2 N–H and O–H groups in total. The zero-order chi connectivity index (χ0) is 13.0. The number of fused-ring (bicyclic) bond motifs is 1. The molecule has 1 unspecified atom stereocenters. The fourth-order valence-corrected chi connectivity index (χ4v) is 2.17. The van der Waals surface area contributed by atoms with Crippen LogP contribution in [0.3, 0.4) is 0 Å². The Morgan fingerprint density at radius 3 is 2.61 bits per heavy atom. The lowest BCUT2D eigenvalue weighted by Gasteiger charge is -2.19. The summed E-state index contributed by atoms with van der Waals surface area (Å²) in [6.45, 7) is 2.13. The molecule has 3 heteroatoms. The first-order valence-electron chi connectivity index (χ1n) is 6.11. The third-order valence-electron chi connectivity index (χ3n) is 3.10. The maximum Gasteiger partial charge on any atom is 0.216 e. The average Bonchev–Trinajstić information content (AvgIpc) is 2.39. The molecule has 0 fully saturated rings. The summed E-state index contributed by atoms with van der Waals surface area (Å²) in [6, 6.07) is 14.7. The van der Waals surface area contributed by atoms with Gasteiger partial charge in [0.25, 0.3) is 0 Å². The van der Waals surface area contributed by atoms with Gasteiger partial charge >= 0.3 is 0 Å². The molecule has 94 valence electrons. The SMILES string of the molecule is CNC(CNC(C)=O)c1cccc2ccccc12. The Labute approximate surface area is 107 Å². The molecule has 3 nitrogen and oxygen atoms in total. The van der Waals surface area contributed by atoms with Crippen LogP contribution in [0.4, 0.5) is 0 Å². The third-order valence-corrected chi connectivity index (χ3v) is 3.10. The molecule has 0 aliphatic carbocycles. The summed E-state index contributed by atoms with van der Waals surface area (Å²) in [7, 11) is 1.91. The molecule has 0 bridgehead atoms. The predicted molar refractivity (Wildman–Crippen MR) is 74.4 cm³/mol. The van der Waals surface area contributed by atoms with Gasteiger partial charge in [0, 0.05) is 19.5 Å². The maximum absolute atomic E-state index is 11.0. The van der Waals surface area contributed by atoms with Gasteiger partial charge in [-0.2, -0.15) is 0 Å². The summed E-state index contributed by atoms with van der Waals surface area (Å²) >= 11 is 0. The van der Waals surface area contributed by atoms with Crippen LogP contribution in [0.25, 0.3) is 10.8 Å². The highest BCUT2D eigenvalue weighted by Crippen LogP contribution is 2.23. The van der Waals surface area contributed by atoms with Crippen LogP contribution < -0.4 is 10.6 Å². The Balaban J connectivity index is 2.35. The van der Waals surface area contributed by atoms with Gasteiger partial charge in [-0.15, -0.1) is 0 Å². The van der Waals surface area contributed by atoms with Gasteiger partial charge in [0.2, 0.25) is 5.91 Å². The minimum Gasteiger partial charge on any atom is -0.354 e. The second-order valence-electron chi connectivity index (χ2n) is 4.35. The number of carbonyl (C=O) groups excluding carboxylic acids is 1. The molecule has 0 radical (unpaired) electrons. The predicted octanol–water partition coefficient (Wildman–Crippen LogP) is 2.24. The Kier molecular flexibility index (Phi) is 3.95. The molecular weight excluding hydrogens is 224 g/mol. The second-order valence-corrected chi connectivity index (χ2v) is 4.35. The summed E-state index contributed by atoms with van der Waals surface area (Å²) in [5.74, 6) is -0.00418. The molecule has 1 amide bonds. The van der Waals surface area contributed by atoms with E-state index >= 15 is 0 Å². The Morgan fingerprint density at radius 2 is 1.89 bits per heavy atom. The molecule has 18 heavy (non-hydrogen) atoms. The van der Waals surface area contributed by atoms with Crippen LogP contribution in [0.15, 0.2) is 42.5 Å². The molecule has 2 rings (SSSR count). The lowest BCUT2D eigenvalue weighted by Crippen LogP contribution is -2.32. The fraction of sp³-hybridized carbons (Fsp3) is 0.267. The van der Waals surface area contributed by atoms with Crippen molar-refractivity contribution in [3.63, 3.8) is 0 Å². The van der Waals surface area contributed by atoms with Gasteiger partial charge in [-0.1, -0.05) is 42.5 Å². The zero-order valence-corrected chi connectivity index (χ0v) is 10.7. The van der Waals surface area contributed by atoms with Gasteiger partial charge in [-0.3, -0.25) is 4.79 Å². The van der Waals surface area contributed by atoms with Crippen molar-refractivity contribution in [1.29, 1.82) is 0 Å². The van der Waals surface area contributed by atoms with Gasteiger partial charge in [0.15, 0.2) is 0 Å². The number of hydrogen-bond donors (Lipinski definition) is 2. The van der Waals surface area contributed by atoms with Gasteiger partial charge in [0.1, 0.15) is 0 Å². The van der Waals surface area contributed by atoms with E-state index in [-0.39, 0.29) is 11.9 Å². The van der Waals surface area contributed by atoms with Crippen molar-refractivity contribution in [3.05, 3.63) is 48.0 Å². The zero-order valence-electron chi connectivity index (χ0n) is 10.7. The summed E-state index contributed by atoms with van der Waals surface area (Å²) in [5, 5.41) is 8.56. The van der Waals surface area contributed by atoms with E-state index in [1.54, 1.807) is 0 Å². The molecule has 0 aliphatic heterocycles. The van der Waals surface area contributed by atoms with Crippen LogP contribution in [0.5, 0.6) is 0 Å². The third kappa shape index (κ3) is 2.68. The van der Waals surface area contributed by atoms with Crippen molar-refractivity contribution in [2.45, 2.75) is 13.0 Å². The van der Waals surface area contributed by atoms with E-state index in [4.69, 9.17) is 0 Å². The lowest BCUT2D eigenvalue weighted by atomic mass is 9.99. The molecular formula is C15H18N2O. The highest BCUT2D eigenvalue weighted by atomic mass is 16.1. The largest absolute Gasteiger partial charge is 0.354 e. The maximum atomic E-state index is 11.0. The van der Waals surface area contributed by atoms with E-state index in [1.807, 2.05) is 19.2 Å². The molecule has 1 atom stereocenters. The van der Waals surface area contributed by atoms with Crippen molar-refractivity contribution in [1.82, 2.24) is 10.6 Å². The van der Waals surface area contributed by atoms with Gasteiger partial charge in [-0.25, -0.2) is 0 Å². The minimum atomic E-state index is -0.00418. The quantitative estimate of drug-likeness (QED) is 0.863. The fourth-order valence-electron chi connectivity index (χ4n) is 2.17. The first-order chi connectivity index (χ1) is 8.72. The second kappa shape index (κ2) is 5.65. The van der Waals surface area contributed by atoms with Crippen LogP contribution in [0.2, 0.25) is 0 Å². The number of rotatable bonds is 4. The van der Waals surface area contributed by atoms with E-state index in [0.29, 0.717) is 6.54 Å². The van der Waals surface area contributed by atoms with Gasteiger partial charge < -0.3 is 10.6 Å². The molecule has 0 saturated heterocycles. The van der Waals surface area contributed by atoms with Crippen LogP contribution in [0, 0.1) is 0 Å². The number of nitrogens with one attached hydrogen (secondary N) is 2. The highest BCUT2D eigenvalue weighted by molar-refractivity contribution is 5.86. The van der Waals surface area contributed by atoms with E-state index in [1.165, 1.54) is 23.3 Å². The summed E-state index contributed by atoms with van der Waals surface area (Å²) in [6.07, 6.45) is 0. The first kappa shape index (κ1) is 12.6.